The summed E-state index contributed by atoms with van der Waals surface area (Å²) in [5, 5.41) is 3.18. The molecule has 1 N–H and O–H groups in total. The monoisotopic (exact) mass is 317 g/mol. The fourth-order valence-electron chi connectivity index (χ4n) is 3.57. The van der Waals surface area contributed by atoms with Gasteiger partial charge in [0.25, 0.3) is 5.91 Å². The maximum Gasteiger partial charge on any atom is 0.255 e. The molecule has 1 aromatic rings. The summed E-state index contributed by atoms with van der Waals surface area (Å²) in [5.74, 6) is 1.33. The maximum absolute atomic E-state index is 12.6. The minimum atomic E-state index is -0.0213. The SMILES string of the molecule is CC1CCCC(NC(=O)c2ccccc2OCC2CCCO2)C1. The summed E-state index contributed by atoms with van der Waals surface area (Å²) in [6.45, 7) is 3.59. The molecule has 2 aliphatic rings. The number of ether oxygens (including phenoxy) is 2. The van der Waals surface area contributed by atoms with Crippen LogP contribution in [0.1, 0.15) is 55.8 Å². The molecule has 23 heavy (non-hydrogen) atoms. The third-order valence-corrected chi connectivity index (χ3v) is 4.85. The Morgan fingerprint density at radius 2 is 2.13 bits per heavy atom. The van der Waals surface area contributed by atoms with Crippen molar-refractivity contribution in [1.82, 2.24) is 5.32 Å². The van der Waals surface area contributed by atoms with Crippen molar-refractivity contribution in [1.29, 1.82) is 0 Å². The van der Waals surface area contributed by atoms with E-state index in [-0.39, 0.29) is 18.1 Å². The van der Waals surface area contributed by atoms with Crippen LogP contribution in [0.2, 0.25) is 0 Å². The van der Waals surface area contributed by atoms with E-state index in [0.717, 1.165) is 32.3 Å². The molecule has 3 rings (SSSR count). The molecule has 2 fully saturated rings. The van der Waals surface area contributed by atoms with Gasteiger partial charge in [-0.25, -0.2) is 0 Å². The van der Waals surface area contributed by atoms with Gasteiger partial charge in [0.15, 0.2) is 0 Å². The zero-order valence-corrected chi connectivity index (χ0v) is 13.9. The molecule has 0 bridgehead atoms. The van der Waals surface area contributed by atoms with Gasteiger partial charge in [0.2, 0.25) is 0 Å². The molecule has 1 aliphatic carbocycles. The predicted molar refractivity (Wildman–Crippen MR) is 89.8 cm³/mol. The van der Waals surface area contributed by atoms with Crippen molar-refractivity contribution in [3.05, 3.63) is 29.8 Å². The van der Waals surface area contributed by atoms with E-state index in [0.29, 0.717) is 23.8 Å². The van der Waals surface area contributed by atoms with Crippen LogP contribution in [-0.2, 0) is 4.74 Å². The van der Waals surface area contributed by atoms with Gasteiger partial charge in [0.05, 0.1) is 11.7 Å². The average Bonchev–Trinajstić information content (AvgIpc) is 3.06. The minimum absolute atomic E-state index is 0.0213. The molecule has 1 amide bonds. The van der Waals surface area contributed by atoms with Crippen LogP contribution in [-0.4, -0.2) is 31.3 Å². The molecule has 1 saturated carbocycles. The van der Waals surface area contributed by atoms with Crippen LogP contribution in [0, 0.1) is 5.92 Å². The number of carbonyl (C=O) groups is 1. The molecule has 3 unspecified atom stereocenters. The summed E-state index contributed by atoms with van der Waals surface area (Å²) < 4.78 is 11.4. The average molecular weight is 317 g/mol. The Labute approximate surface area is 138 Å². The molecule has 1 saturated heterocycles. The molecule has 1 heterocycles. The molecule has 0 radical (unpaired) electrons. The highest BCUT2D eigenvalue weighted by Crippen LogP contribution is 2.25. The minimum Gasteiger partial charge on any atom is -0.490 e. The lowest BCUT2D eigenvalue weighted by Gasteiger charge is -2.27. The van der Waals surface area contributed by atoms with Gasteiger partial charge in [-0.1, -0.05) is 31.9 Å². The zero-order chi connectivity index (χ0) is 16.1. The van der Waals surface area contributed by atoms with Gasteiger partial charge >= 0.3 is 0 Å². The highest BCUT2D eigenvalue weighted by Gasteiger charge is 2.23. The van der Waals surface area contributed by atoms with E-state index < -0.39 is 0 Å². The van der Waals surface area contributed by atoms with Gasteiger partial charge in [0, 0.05) is 12.6 Å². The van der Waals surface area contributed by atoms with Gasteiger partial charge in [-0.2, -0.15) is 0 Å². The number of para-hydroxylation sites is 1. The first kappa shape index (κ1) is 16.3. The highest BCUT2D eigenvalue weighted by atomic mass is 16.5. The molecular weight excluding hydrogens is 290 g/mol. The number of amides is 1. The third-order valence-electron chi connectivity index (χ3n) is 4.85. The second kappa shape index (κ2) is 7.82. The molecule has 1 aromatic carbocycles. The maximum atomic E-state index is 12.6. The lowest BCUT2D eigenvalue weighted by atomic mass is 9.87. The van der Waals surface area contributed by atoms with Crippen LogP contribution < -0.4 is 10.1 Å². The highest BCUT2D eigenvalue weighted by molar-refractivity contribution is 5.97. The van der Waals surface area contributed by atoms with Crippen molar-refractivity contribution < 1.29 is 14.3 Å². The van der Waals surface area contributed by atoms with Crippen LogP contribution in [0.15, 0.2) is 24.3 Å². The van der Waals surface area contributed by atoms with E-state index in [2.05, 4.69) is 12.2 Å². The number of nitrogens with one attached hydrogen (secondary N) is 1. The van der Waals surface area contributed by atoms with Crippen LogP contribution in [0.4, 0.5) is 0 Å². The van der Waals surface area contributed by atoms with Crippen LogP contribution in [0.25, 0.3) is 0 Å². The Morgan fingerprint density at radius 1 is 1.26 bits per heavy atom. The summed E-state index contributed by atoms with van der Waals surface area (Å²) in [6, 6.07) is 7.79. The molecule has 3 atom stereocenters. The third kappa shape index (κ3) is 4.47. The topological polar surface area (TPSA) is 47.6 Å². The van der Waals surface area contributed by atoms with Gasteiger partial charge in [-0.05, 0) is 43.7 Å². The molecule has 4 heteroatoms. The van der Waals surface area contributed by atoms with Crippen LogP contribution >= 0.6 is 0 Å². The van der Waals surface area contributed by atoms with Crippen molar-refractivity contribution in [2.45, 2.75) is 57.6 Å². The van der Waals surface area contributed by atoms with Crippen molar-refractivity contribution >= 4 is 5.91 Å². The number of rotatable bonds is 5. The number of benzene rings is 1. The molecule has 1 aliphatic heterocycles. The largest absolute Gasteiger partial charge is 0.490 e. The van der Waals surface area contributed by atoms with Gasteiger partial charge in [0.1, 0.15) is 12.4 Å². The van der Waals surface area contributed by atoms with Crippen molar-refractivity contribution in [2.24, 2.45) is 5.92 Å². The standard InChI is InChI=1S/C19H27NO3/c1-14-6-4-7-15(12-14)20-19(21)17-9-2-3-10-18(17)23-13-16-8-5-11-22-16/h2-3,9-10,14-16H,4-8,11-13H2,1H3,(H,20,21). The Morgan fingerprint density at radius 3 is 2.91 bits per heavy atom. The summed E-state index contributed by atoms with van der Waals surface area (Å²) >= 11 is 0. The van der Waals surface area contributed by atoms with E-state index in [4.69, 9.17) is 9.47 Å². The predicted octanol–water partition coefficient (Wildman–Crippen LogP) is 3.55. The molecule has 4 nitrogen and oxygen atoms in total. The van der Waals surface area contributed by atoms with Crippen LogP contribution in [0.3, 0.4) is 0 Å². The number of hydrogen-bond donors (Lipinski definition) is 1. The Balaban J connectivity index is 1.60. The van der Waals surface area contributed by atoms with Gasteiger partial charge < -0.3 is 14.8 Å². The van der Waals surface area contributed by atoms with E-state index in [1.807, 2.05) is 24.3 Å². The first-order valence-electron chi connectivity index (χ1n) is 8.86. The quantitative estimate of drug-likeness (QED) is 0.903. The molecular formula is C19H27NO3. The lowest BCUT2D eigenvalue weighted by molar-refractivity contribution is 0.0669. The first-order valence-corrected chi connectivity index (χ1v) is 8.86. The number of hydrogen-bond acceptors (Lipinski definition) is 3. The van der Waals surface area contributed by atoms with E-state index >= 15 is 0 Å². The number of carbonyl (C=O) groups excluding carboxylic acids is 1. The molecule has 126 valence electrons. The summed E-state index contributed by atoms with van der Waals surface area (Å²) in [4.78, 5) is 12.6. The lowest BCUT2D eigenvalue weighted by Crippen LogP contribution is -2.38. The zero-order valence-electron chi connectivity index (χ0n) is 13.9. The fourth-order valence-corrected chi connectivity index (χ4v) is 3.57. The van der Waals surface area contributed by atoms with Crippen molar-refractivity contribution in [2.75, 3.05) is 13.2 Å². The van der Waals surface area contributed by atoms with E-state index in [9.17, 15) is 4.79 Å². The van der Waals surface area contributed by atoms with Crippen LogP contribution in [0.5, 0.6) is 5.75 Å². The van der Waals surface area contributed by atoms with Gasteiger partial charge in [-0.3, -0.25) is 4.79 Å². The smallest absolute Gasteiger partial charge is 0.255 e. The van der Waals surface area contributed by atoms with Crippen molar-refractivity contribution in [3.8, 4) is 5.75 Å². The van der Waals surface area contributed by atoms with Crippen molar-refractivity contribution in [3.63, 3.8) is 0 Å². The second-order valence-electron chi connectivity index (χ2n) is 6.88. The first-order chi connectivity index (χ1) is 11.2. The Kier molecular flexibility index (Phi) is 5.55. The molecule has 0 spiro atoms. The Bertz CT molecular complexity index is 525. The fraction of sp³-hybridized carbons (Fsp3) is 0.632. The van der Waals surface area contributed by atoms with E-state index in [1.165, 1.54) is 12.8 Å². The van der Waals surface area contributed by atoms with E-state index in [1.54, 1.807) is 0 Å². The normalized spacial score (nSPS) is 27.6. The Hall–Kier alpha value is -1.55. The summed E-state index contributed by atoms with van der Waals surface area (Å²) in [5.41, 5.74) is 0.628. The van der Waals surface area contributed by atoms with Gasteiger partial charge in [-0.15, -0.1) is 0 Å². The second-order valence-corrected chi connectivity index (χ2v) is 6.88. The summed E-state index contributed by atoms with van der Waals surface area (Å²) in [6.07, 6.45) is 6.91. The molecule has 0 aromatic heterocycles. The summed E-state index contributed by atoms with van der Waals surface area (Å²) in [7, 11) is 0.